The largest absolute Gasteiger partial charge is 0.550 e. The van der Waals surface area contributed by atoms with Crippen molar-refractivity contribution in [2.24, 2.45) is 17.8 Å². The van der Waals surface area contributed by atoms with Crippen molar-refractivity contribution in [3.05, 3.63) is 12.2 Å². The summed E-state index contributed by atoms with van der Waals surface area (Å²) in [4.78, 5) is 35.3. The second kappa shape index (κ2) is 16.7. The van der Waals surface area contributed by atoms with Gasteiger partial charge in [0.15, 0.2) is 0 Å². The monoisotopic (exact) mass is 455 g/mol. The molecule has 0 aliphatic carbocycles. The molecular formula is C25H45NO6. The molecule has 0 aliphatic rings. The van der Waals surface area contributed by atoms with Crippen molar-refractivity contribution in [2.45, 2.75) is 85.5 Å². The summed E-state index contributed by atoms with van der Waals surface area (Å²) in [6.07, 6.45) is 12.0. The lowest BCUT2D eigenvalue weighted by molar-refractivity contribution is -0.929. The van der Waals surface area contributed by atoms with Crippen LogP contribution in [0.5, 0.6) is 0 Å². The molecular weight excluding hydrogens is 410 g/mol. The van der Waals surface area contributed by atoms with Crippen LogP contribution in [-0.4, -0.2) is 58.8 Å². The van der Waals surface area contributed by atoms with Crippen LogP contribution >= 0.6 is 0 Å². The number of carboxylic acids is 3. The molecule has 0 rings (SSSR count). The van der Waals surface area contributed by atoms with Gasteiger partial charge in [-0.2, -0.15) is 0 Å². The molecule has 3 unspecified atom stereocenters. The van der Waals surface area contributed by atoms with Crippen LogP contribution in [0.2, 0.25) is 0 Å². The molecule has 3 atom stereocenters. The summed E-state index contributed by atoms with van der Waals surface area (Å²) in [6, 6.07) is 0. The van der Waals surface area contributed by atoms with Crippen LogP contribution < -0.4 is 5.11 Å². The Hall–Kier alpha value is -1.89. The van der Waals surface area contributed by atoms with Crippen molar-refractivity contribution in [3.8, 4) is 0 Å². The van der Waals surface area contributed by atoms with E-state index in [9.17, 15) is 29.7 Å². The van der Waals surface area contributed by atoms with Gasteiger partial charge in [0.05, 0.1) is 32.1 Å². The van der Waals surface area contributed by atoms with Crippen LogP contribution in [0.15, 0.2) is 12.2 Å². The first-order valence-corrected chi connectivity index (χ1v) is 12.3. The summed E-state index contributed by atoms with van der Waals surface area (Å²) in [5.41, 5.74) is 0. The second-order valence-electron chi connectivity index (χ2n) is 9.06. The molecule has 0 amide bonds. The van der Waals surface area contributed by atoms with Crippen LogP contribution in [0.1, 0.15) is 85.5 Å². The van der Waals surface area contributed by atoms with Gasteiger partial charge in [0, 0.05) is 5.92 Å². The first-order valence-electron chi connectivity index (χ1n) is 12.3. The molecule has 0 saturated carbocycles. The average molecular weight is 456 g/mol. The summed E-state index contributed by atoms with van der Waals surface area (Å²) in [6.45, 7) is 8.55. The highest BCUT2D eigenvalue weighted by Gasteiger charge is 2.38. The highest BCUT2D eigenvalue weighted by atomic mass is 16.4. The first-order chi connectivity index (χ1) is 15.2. The minimum Gasteiger partial charge on any atom is -0.550 e. The van der Waals surface area contributed by atoms with Gasteiger partial charge in [-0.3, -0.25) is 9.59 Å². The first kappa shape index (κ1) is 30.1. The Kier molecular flexibility index (Phi) is 15.7. The van der Waals surface area contributed by atoms with Crippen molar-refractivity contribution < 1.29 is 34.2 Å². The number of carbonyl (C=O) groups excluding carboxylic acids is 1. The predicted octanol–water partition coefficient (Wildman–Crippen LogP) is 3.72. The van der Waals surface area contributed by atoms with E-state index < -0.39 is 35.7 Å². The van der Waals surface area contributed by atoms with Gasteiger partial charge in [-0.15, -0.1) is 0 Å². The summed E-state index contributed by atoms with van der Waals surface area (Å²) >= 11 is 0. The third-order valence-electron chi connectivity index (χ3n) is 6.47. The SMILES string of the molecule is CCCCCCC/C=C/C[N+](CC(CC)C(=O)[O-])(CC(CC)C(=O)O)CC(CC)C(=O)O. The van der Waals surface area contributed by atoms with Gasteiger partial charge < -0.3 is 24.6 Å². The van der Waals surface area contributed by atoms with E-state index in [-0.39, 0.29) is 24.1 Å². The molecule has 0 aromatic heterocycles. The van der Waals surface area contributed by atoms with Crippen LogP contribution in [0.4, 0.5) is 0 Å². The Morgan fingerprint density at radius 2 is 1.22 bits per heavy atom. The number of unbranched alkanes of at least 4 members (excludes halogenated alkanes) is 5. The molecule has 186 valence electrons. The van der Waals surface area contributed by atoms with E-state index in [2.05, 4.69) is 13.0 Å². The van der Waals surface area contributed by atoms with Crippen molar-refractivity contribution >= 4 is 17.9 Å². The quantitative estimate of drug-likeness (QED) is 0.164. The summed E-state index contributed by atoms with van der Waals surface area (Å²) in [5, 5.41) is 31.1. The Bertz CT molecular complexity index is 529. The average Bonchev–Trinajstić information content (AvgIpc) is 2.75. The smallest absolute Gasteiger partial charge is 0.312 e. The lowest BCUT2D eigenvalue weighted by Crippen LogP contribution is -2.59. The minimum absolute atomic E-state index is 0.133. The van der Waals surface area contributed by atoms with E-state index in [0.717, 1.165) is 19.3 Å². The molecule has 0 aromatic carbocycles. The third kappa shape index (κ3) is 11.7. The van der Waals surface area contributed by atoms with E-state index >= 15 is 0 Å². The van der Waals surface area contributed by atoms with Gasteiger partial charge in [0.1, 0.15) is 11.8 Å². The van der Waals surface area contributed by atoms with E-state index in [1.807, 2.05) is 6.08 Å². The van der Waals surface area contributed by atoms with Crippen molar-refractivity contribution in [2.75, 3.05) is 26.2 Å². The van der Waals surface area contributed by atoms with E-state index in [1.165, 1.54) is 19.3 Å². The Balaban J connectivity index is 5.78. The van der Waals surface area contributed by atoms with Gasteiger partial charge in [-0.05, 0) is 38.2 Å². The highest BCUT2D eigenvalue weighted by molar-refractivity contribution is 5.70. The summed E-state index contributed by atoms with van der Waals surface area (Å²) < 4.78 is 0.133. The number of nitrogens with zero attached hydrogens (tertiary/aromatic N) is 1. The zero-order valence-electron chi connectivity index (χ0n) is 20.6. The molecule has 7 nitrogen and oxygen atoms in total. The number of carbonyl (C=O) groups is 3. The van der Waals surface area contributed by atoms with E-state index in [1.54, 1.807) is 20.8 Å². The fourth-order valence-corrected chi connectivity index (χ4v) is 4.27. The normalized spacial score (nSPS) is 16.4. The fourth-order valence-electron chi connectivity index (χ4n) is 4.27. The number of aliphatic carboxylic acids is 3. The second-order valence-corrected chi connectivity index (χ2v) is 9.06. The number of rotatable bonds is 20. The molecule has 0 heterocycles. The van der Waals surface area contributed by atoms with Gasteiger partial charge >= 0.3 is 11.9 Å². The number of hydrogen-bond donors (Lipinski definition) is 2. The molecule has 32 heavy (non-hydrogen) atoms. The minimum atomic E-state index is -1.17. The summed E-state index contributed by atoms with van der Waals surface area (Å²) in [5.74, 6) is -5.11. The van der Waals surface area contributed by atoms with Gasteiger partial charge in [-0.25, -0.2) is 0 Å². The van der Waals surface area contributed by atoms with Gasteiger partial charge in [-0.1, -0.05) is 59.5 Å². The molecule has 0 bridgehead atoms. The van der Waals surface area contributed by atoms with E-state index in [4.69, 9.17) is 0 Å². The van der Waals surface area contributed by atoms with Crippen LogP contribution in [0, 0.1) is 17.8 Å². The van der Waals surface area contributed by atoms with Crippen molar-refractivity contribution in [3.63, 3.8) is 0 Å². The summed E-state index contributed by atoms with van der Waals surface area (Å²) in [7, 11) is 0. The van der Waals surface area contributed by atoms with Crippen molar-refractivity contribution in [1.82, 2.24) is 0 Å². The third-order valence-corrected chi connectivity index (χ3v) is 6.47. The molecule has 7 heteroatoms. The molecule has 0 aromatic rings. The molecule has 0 radical (unpaired) electrons. The molecule has 0 aliphatic heterocycles. The Morgan fingerprint density at radius 3 is 1.62 bits per heavy atom. The number of allylic oxidation sites excluding steroid dienone is 1. The molecule has 0 spiro atoms. The standard InChI is InChI=1S/C25H45NO6/c1-5-9-10-11-12-13-14-15-16-26(17-20(6-2)23(27)28,18-21(7-3)24(29)30)19-22(8-4)25(31)32/h14-15,20-22H,5-13,16-19H2,1-4H3,(H2-,27,28,29,30,31,32)/b15-14+. The lowest BCUT2D eigenvalue weighted by Gasteiger charge is -2.43. The topological polar surface area (TPSA) is 115 Å². The zero-order valence-corrected chi connectivity index (χ0v) is 20.6. The molecule has 2 N–H and O–H groups in total. The lowest BCUT2D eigenvalue weighted by atomic mass is 9.96. The number of hydrogen-bond acceptors (Lipinski definition) is 4. The fraction of sp³-hybridized carbons (Fsp3) is 0.800. The van der Waals surface area contributed by atoms with Crippen LogP contribution in [0.3, 0.4) is 0 Å². The van der Waals surface area contributed by atoms with Gasteiger partial charge in [0.25, 0.3) is 0 Å². The van der Waals surface area contributed by atoms with Gasteiger partial charge in [0.2, 0.25) is 0 Å². The molecule has 0 saturated heterocycles. The van der Waals surface area contributed by atoms with Crippen LogP contribution in [-0.2, 0) is 14.4 Å². The maximum absolute atomic E-state index is 11.8. The van der Waals surface area contributed by atoms with Crippen molar-refractivity contribution in [1.29, 1.82) is 0 Å². The maximum atomic E-state index is 11.8. The van der Waals surface area contributed by atoms with Crippen LogP contribution in [0.25, 0.3) is 0 Å². The zero-order chi connectivity index (χ0) is 24.6. The molecule has 0 fully saturated rings. The van der Waals surface area contributed by atoms with E-state index in [0.29, 0.717) is 25.8 Å². The highest BCUT2D eigenvalue weighted by Crippen LogP contribution is 2.24. The number of carboxylic acid groups (broad SMARTS) is 3. The maximum Gasteiger partial charge on any atom is 0.312 e. The Morgan fingerprint density at radius 1 is 0.750 bits per heavy atom. The number of quaternary nitrogens is 1. The predicted molar refractivity (Wildman–Crippen MR) is 124 cm³/mol. The Labute approximate surface area is 194 Å².